The number of rotatable bonds is 5. The first-order chi connectivity index (χ1) is 12.9. The van der Waals surface area contributed by atoms with Crippen molar-refractivity contribution >= 4 is 29.4 Å². The molecular formula is C18H12ClN3O5. The molecule has 0 radical (unpaired) electrons. The Labute approximate surface area is 157 Å². The topological polar surface area (TPSA) is 118 Å². The summed E-state index contributed by atoms with van der Waals surface area (Å²) in [7, 11) is 0. The number of benzene rings is 2. The van der Waals surface area contributed by atoms with Gasteiger partial charge < -0.3 is 9.52 Å². The van der Waals surface area contributed by atoms with Gasteiger partial charge in [-0.3, -0.25) is 14.9 Å². The summed E-state index contributed by atoms with van der Waals surface area (Å²) in [6.07, 6.45) is 1.26. The molecule has 0 saturated carbocycles. The van der Waals surface area contributed by atoms with Crippen molar-refractivity contribution in [2.45, 2.75) is 0 Å². The van der Waals surface area contributed by atoms with E-state index in [0.29, 0.717) is 22.1 Å². The lowest BCUT2D eigenvalue weighted by molar-refractivity contribution is -0.384. The highest BCUT2D eigenvalue weighted by Gasteiger charge is 2.12. The van der Waals surface area contributed by atoms with Gasteiger partial charge in [0.05, 0.1) is 16.7 Å². The van der Waals surface area contributed by atoms with Crippen molar-refractivity contribution in [2.24, 2.45) is 5.10 Å². The Hall–Kier alpha value is -3.65. The number of non-ortho nitro benzene ring substituents is 1. The molecule has 0 aliphatic rings. The van der Waals surface area contributed by atoms with E-state index in [4.69, 9.17) is 16.0 Å². The number of hydrogen-bond acceptors (Lipinski definition) is 6. The van der Waals surface area contributed by atoms with E-state index in [0.717, 1.165) is 0 Å². The molecule has 136 valence electrons. The molecule has 0 unspecified atom stereocenters. The van der Waals surface area contributed by atoms with Gasteiger partial charge >= 0.3 is 0 Å². The molecule has 0 aliphatic heterocycles. The van der Waals surface area contributed by atoms with Gasteiger partial charge in [0, 0.05) is 22.7 Å². The van der Waals surface area contributed by atoms with Crippen LogP contribution in [0.15, 0.2) is 64.1 Å². The number of hydrazone groups is 1. The second-order valence-corrected chi connectivity index (χ2v) is 5.81. The SMILES string of the molecule is O=C(N/N=C\c1ccc(-c2cccc([N+](=O)[O-])c2)o1)c1cc(Cl)ccc1O. The maximum atomic E-state index is 12.0. The molecule has 1 aromatic heterocycles. The second-order valence-electron chi connectivity index (χ2n) is 5.37. The Kier molecular flexibility index (Phi) is 5.18. The highest BCUT2D eigenvalue weighted by molar-refractivity contribution is 6.31. The average Bonchev–Trinajstić information content (AvgIpc) is 3.12. The van der Waals surface area contributed by atoms with E-state index in [1.54, 1.807) is 24.3 Å². The number of nitrogens with zero attached hydrogens (tertiary/aromatic N) is 2. The van der Waals surface area contributed by atoms with Crippen molar-refractivity contribution in [1.29, 1.82) is 0 Å². The number of amides is 1. The van der Waals surface area contributed by atoms with Crippen LogP contribution in [0.4, 0.5) is 5.69 Å². The van der Waals surface area contributed by atoms with E-state index >= 15 is 0 Å². The molecule has 2 aromatic carbocycles. The summed E-state index contributed by atoms with van der Waals surface area (Å²) in [6, 6.07) is 13.3. The number of carbonyl (C=O) groups excluding carboxylic acids is 1. The molecule has 0 bridgehead atoms. The van der Waals surface area contributed by atoms with Gasteiger partial charge in [0.1, 0.15) is 17.3 Å². The van der Waals surface area contributed by atoms with Crippen LogP contribution >= 0.6 is 11.6 Å². The maximum Gasteiger partial charge on any atom is 0.275 e. The molecule has 0 atom stereocenters. The van der Waals surface area contributed by atoms with Crippen LogP contribution in [-0.4, -0.2) is 22.2 Å². The summed E-state index contributed by atoms with van der Waals surface area (Å²) in [5, 5.41) is 24.6. The van der Waals surface area contributed by atoms with Crippen molar-refractivity contribution in [2.75, 3.05) is 0 Å². The van der Waals surface area contributed by atoms with Crippen molar-refractivity contribution in [3.05, 3.63) is 81.1 Å². The minimum atomic E-state index is -0.642. The van der Waals surface area contributed by atoms with E-state index < -0.39 is 10.8 Å². The Bertz CT molecular complexity index is 1040. The van der Waals surface area contributed by atoms with Crippen LogP contribution < -0.4 is 5.43 Å². The number of nitro groups is 1. The summed E-state index contributed by atoms with van der Waals surface area (Å²) < 4.78 is 5.54. The van der Waals surface area contributed by atoms with Gasteiger partial charge in [-0.25, -0.2) is 5.43 Å². The van der Waals surface area contributed by atoms with Crippen molar-refractivity contribution in [3.8, 4) is 17.1 Å². The highest BCUT2D eigenvalue weighted by atomic mass is 35.5. The molecule has 1 heterocycles. The zero-order valence-electron chi connectivity index (χ0n) is 13.6. The predicted octanol–water partition coefficient (Wildman–Crippen LogP) is 3.98. The molecule has 8 nitrogen and oxygen atoms in total. The van der Waals surface area contributed by atoms with Crippen LogP contribution in [0.2, 0.25) is 5.02 Å². The van der Waals surface area contributed by atoms with E-state index in [-0.39, 0.29) is 17.0 Å². The number of aromatic hydroxyl groups is 1. The molecule has 3 rings (SSSR count). The lowest BCUT2D eigenvalue weighted by Crippen LogP contribution is -2.17. The highest BCUT2D eigenvalue weighted by Crippen LogP contribution is 2.25. The minimum absolute atomic E-state index is 0.0172. The van der Waals surface area contributed by atoms with Gasteiger partial charge in [-0.1, -0.05) is 23.7 Å². The van der Waals surface area contributed by atoms with Crippen molar-refractivity contribution in [3.63, 3.8) is 0 Å². The van der Waals surface area contributed by atoms with Crippen molar-refractivity contribution in [1.82, 2.24) is 5.43 Å². The third-order valence-corrected chi connectivity index (χ3v) is 3.76. The lowest BCUT2D eigenvalue weighted by atomic mass is 10.1. The standard InChI is InChI=1S/C18H12ClN3O5/c19-12-4-6-16(23)15(9-12)18(24)21-20-10-14-5-7-17(27-14)11-2-1-3-13(8-11)22(25)26/h1-10,23H,(H,21,24)/b20-10-. The summed E-state index contributed by atoms with van der Waals surface area (Å²) in [4.78, 5) is 22.4. The fourth-order valence-electron chi connectivity index (χ4n) is 2.25. The minimum Gasteiger partial charge on any atom is -0.507 e. The molecule has 0 spiro atoms. The summed E-state index contributed by atoms with van der Waals surface area (Å²) in [5.74, 6) is -0.124. The number of furan rings is 1. The van der Waals surface area contributed by atoms with Gasteiger partial charge in [0.25, 0.3) is 11.6 Å². The Balaban J connectivity index is 1.70. The van der Waals surface area contributed by atoms with Gasteiger partial charge in [0.2, 0.25) is 0 Å². The van der Waals surface area contributed by atoms with Crippen LogP contribution in [0.5, 0.6) is 5.75 Å². The lowest BCUT2D eigenvalue weighted by Gasteiger charge is -2.02. The summed E-state index contributed by atoms with van der Waals surface area (Å²) >= 11 is 5.80. The normalized spacial score (nSPS) is 10.9. The van der Waals surface area contributed by atoms with Crippen LogP contribution in [0.25, 0.3) is 11.3 Å². The van der Waals surface area contributed by atoms with E-state index in [9.17, 15) is 20.0 Å². The number of hydrogen-bond donors (Lipinski definition) is 2. The molecule has 3 aromatic rings. The number of carbonyl (C=O) groups is 1. The monoisotopic (exact) mass is 385 g/mol. The Morgan fingerprint density at radius 1 is 1.22 bits per heavy atom. The van der Waals surface area contributed by atoms with Crippen LogP contribution in [0, 0.1) is 10.1 Å². The number of nitrogens with one attached hydrogen (secondary N) is 1. The number of halogens is 1. The maximum absolute atomic E-state index is 12.0. The first kappa shape index (κ1) is 18.2. The first-order valence-electron chi connectivity index (χ1n) is 7.60. The quantitative estimate of drug-likeness (QED) is 0.391. The fourth-order valence-corrected chi connectivity index (χ4v) is 2.43. The number of nitro benzene ring substituents is 1. The van der Waals surface area contributed by atoms with Gasteiger partial charge in [-0.15, -0.1) is 0 Å². The second kappa shape index (κ2) is 7.71. The Morgan fingerprint density at radius 2 is 2.04 bits per heavy atom. The van der Waals surface area contributed by atoms with E-state index in [1.165, 1.54) is 36.5 Å². The van der Waals surface area contributed by atoms with Crippen LogP contribution in [-0.2, 0) is 0 Å². The molecule has 0 fully saturated rings. The summed E-state index contributed by atoms with van der Waals surface area (Å²) in [5.41, 5.74) is 2.72. The van der Waals surface area contributed by atoms with E-state index in [1.807, 2.05) is 0 Å². The van der Waals surface area contributed by atoms with Crippen molar-refractivity contribution < 1.29 is 19.2 Å². The first-order valence-corrected chi connectivity index (χ1v) is 7.98. The van der Waals surface area contributed by atoms with Gasteiger partial charge in [-0.2, -0.15) is 5.10 Å². The van der Waals surface area contributed by atoms with Gasteiger partial charge in [-0.05, 0) is 30.3 Å². The fraction of sp³-hybridized carbons (Fsp3) is 0. The van der Waals surface area contributed by atoms with Gasteiger partial charge in [0.15, 0.2) is 0 Å². The average molecular weight is 386 g/mol. The van der Waals surface area contributed by atoms with E-state index in [2.05, 4.69) is 10.5 Å². The van der Waals surface area contributed by atoms with Crippen LogP contribution in [0.3, 0.4) is 0 Å². The number of phenolic OH excluding ortho intramolecular Hbond substituents is 1. The zero-order valence-corrected chi connectivity index (χ0v) is 14.4. The van der Waals surface area contributed by atoms with Crippen LogP contribution in [0.1, 0.15) is 16.1 Å². The molecule has 0 saturated heterocycles. The third kappa shape index (κ3) is 4.31. The molecule has 1 amide bonds. The molecule has 0 aliphatic carbocycles. The third-order valence-electron chi connectivity index (χ3n) is 3.53. The Morgan fingerprint density at radius 3 is 2.81 bits per heavy atom. The molecule has 2 N–H and O–H groups in total. The number of phenols is 1. The smallest absolute Gasteiger partial charge is 0.275 e. The molecular weight excluding hydrogens is 374 g/mol. The largest absolute Gasteiger partial charge is 0.507 e. The summed E-state index contributed by atoms with van der Waals surface area (Å²) in [6.45, 7) is 0. The molecule has 9 heteroatoms. The predicted molar refractivity (Wildman–Crippen MR) is 99.0 cm³/mol. The molecule has 27 heavy (non-hydrogen) atoms. The zero-order chi connectivity index (χ0) is 19.4.